The van der Waals surface area contributed by atoms with Crippen LogP contribution >= 0.6 is 0 Å². The van der Waals surface area contributed by atoms with Gasteiger partial charge in [0.05, 0.1) is 0 Å². The van der Waals surface area contributed by atoms with Crippen molar-refractivity contribution < 1.29 is 0 Å². The van der Waals surface area contributed by atoms with E-state index in [1.165, 1.54) is 231 Å². The monoisotopic (exact) mass is 617 g/mol. The summed E-state index contributed by atoms with van der Waals surface area (Å²) in [5.41, 5.74) is 0. The zero-order chi connectivity index (χ0) is 31.6. The first kappa shape index (κ1) is 41.4. The first-order valence-corrected chi connectivity index (χ1v) is 21.0. The van der Waals surface area contributed by atoms with Crippen LogP contribution in [-0.4, -0.2) is 29.1 Å². The molecule has 1 rings (SSSR count). The van der Waals surface area contributed by atoms with Gasteiger partial charge in [-0.05, 0) is 25.7 Å². The average Bonchev–Trinajstić information content (AvgIpc) is 3.42. The number of hydrogen-bond donors (Lipinski definition) is 0. The molecular formula is C42H84N2. The first-order chi connectivity index (χ1) is 21.8. The maximum atomic E-state index is 2.72. The third-order valence-electron chi connectivity index (χ3n) is 10.3. The second kappa shape index (κ2) is 33.7. The predicted molar refractivity (Wildman–Crippen MR) is 200 cm³/mol. The van der Waals surface area contributed by atoms with Crippen LogP contribution < -0.4 is 0 Å². The molecule has 0 aromatic carbocycles. The smallest absolute Gasteiger partial charge is 0.101 e. The van der Waals surface area contributed by atoms with Crippen molar-refractivity contribution in [2.24, 2.45) is 0 Å². The normalized spacial score (nSPS) is 14.8. The molecule has 1 aliphatic heterocycles. The van der Waals surface area contributed by atoms with Crippen molar-refractivity contribution in [3.63, 3.8) is 0 Å². The highest BCUT2D eigenvalue weighted by atomic mass is 15.4. The van der Waals surface area contributed by atoms with E-state index in [2.05, 4.69) is 43.0 Å². The molecule has 0 aliphatic carbocycles. The molecule has 0 spiro atoms. The minimum Gasteiger partial charge on any atom is -0.356 e. The van der Waals surface area contributed by atoms with Crippen LogP contribution in [0.15, 0.2) is 12.4 Å². The van der Waals surface area contributed by atoms with E-state index in [0.717, 1.165) is 0 Å². The Hall–Kier alpha value is -0.660. The van der Waals surface area contributed by atoms with Crippen molar-refractivity contribution in [1.82, 2.24) is 9.80 Å². The molecule has 1 unspecified atom stereocenters. The molecule has 0 amide bonds. The summed E-state index contributed by atoms with van der Waals surface area (Å²) in [5.74, 6) is 0. The zero-order valence-corrected chi connectivity index (χ0v) is 31.1. The highest BCUT2D eigenvalue weighted by Gasteiger charge is 2.24. The van der Waals surface area contributed by atoms with Crippen LogP contribution in [-0.2, 0) is 0 Å². The van der Waals surface area contributed by atoms with E-state index in [9.17, 15) is 0 Å². The van der Waals surface area contributed by atoms with E-state index in [4.69, 9.17) is 0 Å². The van der Waals surface area contributed by atoms with E-state index in [1.54, 1.807) is 0 Å². The first-order valence-electron chi connectivity index (χ1n) is 21.0. The second-order valence-electron chi connectivity index (χ2n) is 14.6. The molecule has 1 atom stereocenters. The Morgan fingerprint density at radius 1 is 0.295 bits per heavy atom. The lowest BCUT2D eigenvalue weighted by Crippen LogP contribution is -2.39. The summed E-state index contributed by atoms with van der Waals surface area (Å²) in [6.07, 6.45) is 54.4. The molecule has 0 fully saturated rings. The number of nitrogens with zero attached hydrogens (tertiary/aromatic N) is 2. The molecule has 2 heteroatoms. The molecule has 0 N–H and O–H groups in total. The lowest BCUT2D eigenvalue weighted by molar-refractivity contribution is 0.135. The summed E-state index contributed by atoms with van der Waals surface area (Å²) < 4.78 is 0. The number of rotatable bonds is 36. The van der Waals surface area contributed by atoms with Gasteiger partial charge in [0.25, 0.3) is 0 Å². The molecular weight excluding hydrogens is 532 g/mol. The van der Waals surface area contributed by atoms with Gasteiger partial charge in [-0.25, -0.2) is 0 Å². The van der Waals surface area contributed by atoms with Crippen LogP contribution in [0.4, 0.5) is 0 Å². The summed E-state index contributed by atoms with van der Waals surface area (Å²) in [7, 11) is 0. The number of hydrogen-bond acceptors (Lipinski definition) is 2. The van der Waals surface area contributed by atoms with E-state index >= 15 is 0 Å². The molecule has 44 heavy (non-hydrogen) atoms. The Bertz CT molecular complexity index is 572. The molecule has 0 saturated carbocycles. The largest absolute Gasteiger partial charge is 0.356 e. The van der Waals surface area contributed by atoms with Crippen molar-refractivity contribution in [2.45, 2.75) is 245 Å². The third-order valence-corrected chi connectivity index (χ3v) is 10.3. The maximum Gasteiger partial charge on any atom is 0.101 e. The highest BCUT2D eigenvalue weighted by molar-refractivity contribution is 4.97. The highest BCUT2D eigenvalue weighted by Crippen LogP contribution is 2.24. The Labute approximate surface area is 280 Å². The fourth-order valence-electron chi connectivity index (χ4n) is 7.25. The van der Waals surface area contributed by atoms with E-state index in [1.807, 2.05) is 0 Å². The van der Waals surface area contributed by atoms with Gasteiger partial charge in [-0.1, -0.05) is 213 Å². The zero-order valence-electron chi connectivity index (χ0n) is 31.1. The van der Waals surface area contributed by atoms with Gasteiger partial charge in [0.2, 0.25) is 0 Å². The van der Waals surface area contributed by atoms with Crippen LogP contribution in [0.3, 0.4) is 0 Å². The van der Waals surface area contributed by atoms with Crippen LogP contribution in [0.25, 0.3) is 0 Å². The van der Waals surface area contributed by atoms with Gasteiger partial charge < -0.3 is 9.80 Å². The summed E-state index contributed by atoms with van der Waals surface area (Å²) in [4.78, 5) is 5.44. The average molecular weight is 617 g/mol. The van der Waals surface area contributed by atoms with E-state index in [-0.39, 0.29) is 0 Å². The van der Waals surface area contributed by atoms with Crippen molar-refractivity contribution in [1.29, 1.82) is 0 Å². The molecule has 0 radical (unpaired) electrons. The minimum atomic E-state index is 0.639. The minimum absolute atomic E-state index is 0.639. The van der Waals surface area contributed by atoms with Crippen LogP contribution in [0.2, 0.25) is 0 Å². The molecule has 1 heterocycles. The SMILES string of the molecule is CCCCCCCCCCCCCCCCCCN1C=CN(CCCCCCCCCC)C1CCCCCCCCCCC. The quantitative estimate of drug-likeness (QED) is 0.0646. The Morgan fingerprint density at radius 3 is 0.795 bits per heavy atom. The van der Waals surface area contributed by atoms with Crippen molar-refractivity contribution in [3.05, 3.63) is 12.4 Å². The summed E-state index contributed by atoms with van der Waals surface area (Å²) in [6, 6.07) is 0. The van der Waals surface area contributed by atoms with Crippen LogP contribution in [0.5, 0.6) is 0 Å². The summed E-state index contributed by atoms with van der Waals surface area (Å²) in [6.45, 7) is 9.48. The van der Waals surface area contributed by atoms with Gasteiger partial charge in [-0.3, -0.25) is 0 Å². The van der Waals surface area contributed by atoms with E-state index in [0.29, 0.717) is 6.17 Å². The lowest BCUT2D eigenvalue weighted by atomic mass is 10.0. The Kier molecular flexibility index (Phi) is 31.7. The van der Waals surface area contributed by atoms with Gasteiger partial charge in [0.1, 0.15) is 6.17 Å². The maximum absolute atomic E-state index is 2.72. The number of unbranched alkanes of at least 4 members (excludes halogenated alkanes) is 30. The summed E-state index contributed by atoms with van der Waals surface area (Å²) in [5, 5.41) is 0. The Morgan fingerprint density at radius 2 is 0.523 bits per heavy atom. The van der Waals surface area contributed by atoms with Crippen molar-refractivity contribution in [3.8, 4) is 0 Å². The fraction of sp³-hybridized carbons (Fsp3) is 0.952. The van der Waals surface area contributed by atoms with Gasteiger partial charge in [-0.2, -0.15) is 0 Å². The fourth-order valence-corrected chi connectivity index (χ4v) is 7.25. The standard InChI is InChI=1S/C42H84N2/c1-4-7-10-13-16-19-20-21-22-23-24-25-27-30-33-36-39-44-41-40-43(38-35-32-29-18-15-12-9-6-3)42(44)37-34-31-28-26-17-14-11-8-5-2/h40-42H,4-39H2,1-3H3. The Balaban J connectivity index is 2.16. The van der Waals surface area contributed by atoms with Crippen LogP contribution in [0.1, 0.15) is 239 Å². The van der Waals surface area contributed by atoms with E-state index < -0.39 is 0 Å². The van der Waals surface area contributed by atoms with Crippen LogP contribution in [0, 0.1) is 0 Å². The molecule has 2 nitrogen and oxygen atoms in total. The van der Waals surface area contributed by atoms with Gasteiger partial charge >= 0.3 is 0 Å². The summed E-state index contributed by atoms with van der Waals surface area (Å²) >= 11 is 0. The lowest BCUT2D eigenvalue weighted by Gasteiger charge is -2.33. The second-order valence-corrected chi connectivity index (χ2v) is 14.6. The predicted octanol–water partition coefficient (Wildman–Crippen LogP) is 14.7. The molecule has 0 aromatic rings. The van der Waals surface area contributed by atoms with Gasteiger partial charge in [0.15, 0.2) is 0 Å². The molecule has 0 saturated heterocycles. The van der Waals surface area contributed by atoms with Crippen molar-refractivity contribution >= 4 is 0 Å². The topological polar surface area (TPSA) is 6.48 Å². The molecule has 1 aliphatic rings. The molecule has 0 aromatic heterocycles. The molecule has 262 valence electrons. The third kappa shape index (κ3) is 25.5. The van der Waals surface area contributed by atoms with Gasteiger partial charge in [-0.15, -0.1) is 0 Å². The van der Waals surface area contributed by atoms with Crippen molar-refractivity contribution in [2.75, 3.05) is 13.1 Å². The molecule has 0 bridgehead atoms. The van der Waals surface area contributed by atoms with Gasteiger partial charge in [0, 0.05) is 25.5 Å².